The molecule has 2 saturated heterocycles. The zero-order chi connectivity index (χ0) is 25.9. The summed E-state index contributed by atoms with van der Waals surface area (Å²) in [6, 6.07) is 11.5. The van der Waals surface area contributed by atoms with Gasteiger partial charge in [0.15, 0.2) is 0 Å². The molecule has 0 spiro atoms. The number of amides is 2. The zero-order valence-corrected chi connectivity index (χ0v) is 22.1. The second-order valence-electron chi connectivity index (χ2n) is 11.8. The normalized spacial score (nSPS) is 28.7. The summed E-state index contributed by atoms with van der Waals surface area (Å²) in [7, 11) is 0. The summed E-state index contributed by atoms with van der Waals surface area (Å²) in [5.74, 6) is -0.199. The number of rotatable bonds is 7. The highest BCUT2D eigenvalue weighted by molar-refractivity contribution is 5.89. The van der Waals surface area contributed by atoms with Crippen LogP contribution in [0.5, 0.6) is 0 Å². The molecule has 3 unspecified atom stereocenters. The summed E-state index contributed by atoms with van der Waals surface area (Å²) in [6.45, 7) is 3.32. The second kappa shape index (κ2) is 11.1. The number of ether oxygens (including phenoxy) is 1. The first-order valence-electron chi connectivity index (χ1n) is 14.4. The molecule has 2 amide bonds. The number of morpholine rings is 1. The minimum absolute atomic E-state index is 0.0293. The Kier molecular flexibility index (Phi) is 7.88. The summed E-state index contributed by atoms with van der Waals surface area (Å²) >= 11 is 0. The minimum atomic E-state index is -1.16. The molecule has 200 valence electrons. The smallest absolute Gasteiger partial charge is 0.225 e. The van der Waals surface area contributed by atoms with E-state index < -0.39 is 16.7 Å². The van der Waals surface area contributed by atoms with Crippen molar-refractivity contribution in [3.8, 4) is 6.07 Å². The van der Waals surface area contributed by atoms with E-state index in [1.54, 1.807) is 4.90 Å². The largest absolute Gasteiger partial charge is 0.378 e. The fourth-order valence-electron chi connectivity index (χ4n) is 7.73. The number of nitrogens with two attached hydrogens (primary N) is 1. The number of likely N-dealkylation sites (tertiary alicyclic amines) is 1. The van der Waals surface area contributed by atoms with Crippen molar-refractivity contribution in [1.29, 1.82) is 5.26 Å². The highest BCUT2D eigenvalue weighted by Gasteiger charge is 2.61. The van der Waals surface area contributed by atoms with E-state index in [0.717, 1.165) is 51.5 Å². The van der Waals surface area contributed by atoms with Gasteiger partial charge in [-0.2, -0.15) is 5.26 Å². The number of nitrogens with zero attached hydrogens (tertiary/aromatic N) is 3. The lowest BCUT2D eigenvalue weighted by molar-refractivity contribution is -0.149. The number of primary amides is 1. The van der Waals surface area contributed by atoms with E-state index in [1.165, 1.54) is 17.5 Å². The molecule has 7 heteroatoms. The molecule has 5 rings (SSSR count). The third kappa shape index (κ3) is 5.03. The quantitative estimate of drug-likeness (QED) is 0.603. The van der Waals surface area contributed by atoms with Crippen molar-refractivity contribution in [3.63, 3.8) is 0 Å². The topological polar surface area (TPSA) is 99.7 Å². The van der Waals surface area contributed by atoms with Crippen molar-refractivity contribution >= 4 is 11.8 Å². The number of hydrogen-bond acceptors (Lipinski definition) is 5. The fourth-order valence-corrected chi connectivity index (χ4v) is 7.73. The van der Waals surface area contributed by atoms with Crippen LogP contribution in [0.25, 0.3) is 0 Å². The van der Waals surface area contributed by atoms with E-state index >= 15 is 0 Å². The summed E-state index contributed by atoms with van der Waals surface area (Å²) in [4.78, 5) is 31.5. The molecule has 4 aliphatic rings. The first-order chi connectivity index (χ1) is 18.0. The Balaban J connectivity index is 1.48. The van der Waals surface area contributed by atoms with Gasteiger partial charge in [0, 0.05) is 38.6 Å². The van der Waals surface area contributed by atoms with Crippen molar-refractivity contribution in [2.45, 2.75) is 76.7 Å². The standard InChI is InChI=1S/C30H42N4O3/c31-21-29(13-14-34(22-29)26-12-6-10-24-9-4-5-11-25(24)26)30(28(32)36,19-23-7-2-1-3-8-23)20-27(35)33-15-17-37-18-16-33/h4-5,9,11,23,26H,1-3,6-8,10,12-20,22H2,(H2,32,36). The molecule has 0 radical (unpaired) electrons. The van der Waals surface area contributed by atoms with Crippen molar-refractivity contribution < 1.29 is 14.3 Å². The Bertz CT molecular complexity index is 1030. The molecule has 37 heavy (non-hydrogen) atoms. The Morgan fingerprint density at radius 2 is 1.84 bits per heavy atom. The van der Waals surface area contributed by atoms with Crippen molar-refractivity contribution in [2.24, 2.45) is 22.5 Å². The third-order valence-electron chi connectivity index (χ3n) is 9.86. The SMILES string of the molecule is N#CC1(C(CC(=O)N2CCOCC2)(CC2CCCCC2)C(N)=O)CCN(C2CCCc3ccccc32)C1. The van der Waals surface area contributed by atoms with Gasteiger partial charge in [0.05, 0.1) is 30.1 Å². The molecule has 2 aliphatic carbocycles. The number of benzene rings is 1. The van der Waals surface area contributed by atoms with Gasteiger partial charge in [-0.05, 0) is 49.1 Å². The van der Waals surface area contributed by atoms with Crippen molar-refractivity contribution in [3.05, 3.63) is 35.4 Å². The van der Waals surface area contributed by atoms with Gasteiger partial charge in [0.1, 0.15) is 0 Å². The number of aryl methyl sites for hydroxylation is 1. The van der Waals surface area contributed by atoms with Crippen LogP contribution < -0.4 is 5.73 Å². The Morgan fingerprint density at radius 1 is 1.08 bits per heavy atom. The van der Waals surface area contributed by atoms with Crippen LogP contribution in [-0.2, 0) is 20.7 Å². The van der Waals surface area contributed by atoms with Gasteiger partial charge in [-0.25, -0.2) is 0 Å². The summed E-state index contributed by atoms with van der Waals surface area (Å²) in [5.41, 5.74) is 6.91. The lowest BCUT2D eigenvalue weighted by Gasteiger charge is -2.46. The Labute approximate surface area is 221 Å². The fraction of sp³-hybridized carbons (Fsp3) is 0.700. The lowest BCUT2D eigenvalue weighted by Crippen LogP contribution is -2.56. The van der Waals surface area contributed by atoms with Crippen molar-refractivity contribution in [2.75, 3.05) is 39.4 Å². The van der Waals surface area contributed by atoms with E-state index in [4.69, 9.17) is 10.5 Å². The zero-order valence-electron chi connectivity index (χ0n) is 22.1. The van der Waals surface area contributed by atoms with Crippen LogP contribution in [0.15, 0.2) is 24.3 Å². The molecular weight excluding hydrogens is 464 g/mol. The van der Waals surface area contributed by atoms with Crippen LogP contribution in [0.3, 0.4) is 0 Å². The van der Waals surface area contributed by atoms with E-state index in [-0.39, 0.29) is 18.4 Å². The summed E-state index contributed by atoms with van der Waals surface area (Å²) in [6.07, 6.45) is 9.99. The maximum atomic E-state index is 13.7. The molecule has 1 aromatic rings. The molecule has 7 nitrogen and oxygen atoms in total. The number of hydrogen-bond donors (Lipinski definition) is 1. The van der Waals surface area contributed by atoms with Gasteiger partial charge in [0.25, 0.3) is 0 Å². The number of fused-ring (bicyclic) bond motifs is 1. The Morgan fingerprint density at radius 3 is 2.57 bits per heavy atom. The first kappa shape index (κ1) is 26.2. The molecule has 3 fully saturated rings. The van der Waals surface area contributed by atoms with Crippen LogP contribution in [0.2, 0.25) is 0 Å². The lowest BCUT2D eigenvalue weighted by atomic mass is 9.56. The maximum absolute atomic E-state index is 13.7. The van der Waals surface area contributed by atoms with Gasteiger partial charge in [-0.3, -0.25) is 14.5 Å². The average Bonchev–Trinajstić information content (AvgIpc) is 3.39. The molecule has 1 aromatic carbocycles. The molecule has 0 aromatic heterocycles. The number of nitriles is 1. The molecule has 1 saturated carbocycles. The van der Waals surface area contributed by atoms with Crippen LogP contribution in [0.4, 0.5) is 0 Å². The second-order valence-corrected chi connectivity index (χ2v) is 11.8. The van der Waals surface area contributed by atoms with E-state index in [2.05, 4.69) is 35.2 Å². The highest BCUT2D eigenvalue weighted by atomic mass is 16.5. The molecule has 2 aliphatic heterocycles. The molecule has 2 heterocycles. The minimum Gasteiger partial charge on any atom is -0.378 e. The average molecular weight is 507 g/mol. The van der Waals surface area contributed by atoms with Gasteiger partial charge in [-0.1, -0.05) is 56.4 Å². The van der Waals surface area contributed by atoms with E-state index in [9.17, 15) is 14.9 Å². The predicted octanol–water partition coefficient (Wildman–Crippen LogP) is 3.97. The number of carbonyl (C=O) groups excluding carboxylic acids is 2. The summed E-state index contributed by atoms with van der Waals surface area (Å²) in [5, 5.41) is 10.8. The van der Waals surface area contributed by atoms with Crippen LogP contribution in [0.1, 0.15) is 81.4 Å². The first-order valence-corrected chi connectivity index (χ1v) is 14.4. The van der Waals surface area contributed by atoms with Gasteiger partial charge >= 0.3 is 0 Å². The third-order valence-corrected chi connectivity index (χ3v) is 9.86. The van der Waals surface area contributed by atoms with Crippen LogP contribution in [0, 0.1) is 28.1 Å². The molecule has 3 atom stereocenters. The van der Waals surface area contributed by atoms with E-state index in [1.807, 2.05) is 0 Å². The van der Waals surface area contributed by atoms with Gasteiger partial charge in [-0.15, -0.1) is 0 Å². The van der Waals surface area contributed by atoms with E-state index in [0.29, 0.717) is 51.6 Å². The molecular formula is C30H42N4O3. The van der Waals surface area contributed by atoms with Crippen molar-refractivity contribution in [1.82, 2.24) is 9.80 Å². The molecule has 2 N–H and O–H groups in total. The monoisotopic (exact) mass is 506 g/mol. The van der Waals surface area contributed by atoms with Gasteiger partial charge < -0.3 is 15.4 Å². The maximum Gasteiger partial charge on any atom is 0.225 e. The number of carbonyl (C=O) groups is 2. The Hall–Kier alpha value is -2.43. The van der Waals surface area contributed by atoms with Gasteiger partial charge in [0.2, 0.25) is 11.8 Å². The van der Waals surface area contributed by atoms with Crippen LogP contribution >= 0.6 is 0 Å². The van der Waals surface area contributed by atoms with Crippen LogP contribution in [-0.4, -0.2) is 61.0 Å². The predicted molar refractivity (Wildman–Crippen MR) is 141 cm³/mol. The summed E-state index contributed by atoms with van der Waals surface area (Å²) < 4.78 is 5.46. The highest BCUT2D eigenvalue weighted by Crippen LogP contribution is 2.55. The molecule has 0 bridgehead atoms.